The van der Waals surface area contributed by atoms with Crippen LogP contribution in [-0.2, 0) is 13.6 Å². The van der Waals surface area contributed by atoms with Crippen LogP contribution in [0.4, 0.5) is 0 Å². The summed E-state index contributed by atoms with van der Waals surface area (Å²) in [5.41, 5.74) is 2.46. The molecular weight excluding hydrogens is 202 g/mol. The summed E-state index contributed by atoms with van der Waals surface area (Å²) < 4.78 is 1.88. The van der Waals surface area contributed by atoms with E-state index in [-0.39, 0.29) is 6.61 Å². The summed E-state index contributed by atoms with van der Waals surface area (Å²) in [7, 11) is 1.96. The number of hydrogen-bond acceptors (Lipinski definition) is 3. The molecule has 16 heavy (non-hydrogen) atoms. The molecule has 0 aliphatic rings. The Kier molecular flexibility index (Phi) is 5.49. The molecule has 0 aliphatic heterocycles. The first-order valence-electron chi connectivity index (χ1n) is 5.99. The summed E-state index contributed by atoms with van der Waals surface area (Å²) in [6.07, 6.45) is 3.97. The molecule has 0 atom stereocenters. The predicted molar refractivity (Wildman–Crippen MR) is 65.3 cm³/mol. The van der Waals surface area contributed by atoms with E-state index in [1.807, 2.05) is 11.7 Å². The second-order valence-electron chi connectivity index (χ2n) is 4.48. The van der Waals surface area contributed by atoms with Gasteiger partial charge in [0.1, 0.15) is 0 Å². The van der Waals surface area contributed by atoms with Gasteiger partial charge in [-0.25, -0.2) is 0 Å². The van der Waals surface area contributed by atoms with E-state index < -0.39 is 0 Å². The van der Waals surface area contributed by atoms with Gasteiger partial charge >= 0.3 is 0 Å². The number of aliphatic hydroxyl groups excluding tert-OH is 1. The SMILES string of the molecule is CC(C)c1nn(C)cc1CNCCCCO. The second-order valence-corrected chi connectivity index (χ2v) is 4.48. The van der Waals surface area contributed by atoms with Crippen LogP contribution in [-0.4, -0.2) is 28.0 Å². The first-order chi connectivity index (χ1) is 7.65. The smallest absolute Gasteiger partial charge is 0.0694 e. The number of rotatable bonds is 7. The van der Waals surface area contributed by atoms with Crippen molar-refractivity contribution in [3.8, 4) is 0 Å². The van der Waals surface area contributed by atoms with E-state index in [2.05, 4.69) is 30.5 Å². The summed E-state index contributed by atoms with van der Waals surface area (Å²) in [4.78, 5) is 0. The maximum absolute atomic E-state index is 8.66. The van der Waals surface area contributed by atoms with Crippen molar-refractivity contribution < 1.29 is 5.11 Å². The van der Waals surface area contributed by atoms with Crippen molar-refractivity contribution in [2.45, 2.75) is 39.2 Å². The third kappa shape index (κ3) is 3.94. The molecule has 1 aromatic rings. The third-order valence-electron chi connectivity index (χ3n) is 2.56. The van der Waals surface area contributed by atoms with Gasteiger partial charge in [-0.15, -0.1) is 0 Å². The van der Waals surface area contributed by atoms with Crippen LogP contribution in [0.15, 0.2) is 6.20 Å². The Hall–Kier alpha value is -0.870. The van der Waals surface area contributed by atoms with Crippen molar-refractivity contribution in [2.24, 2.45) is 7.05 Å². The number of aliphatic hydroxyl groups is 1. The van der Waals surface area contributed by atoms with Gasteiger partial charge in [0.05, 0.1) is 5.69 Å². The van der Waals surface area contributed by atoms with Crippen molar-refractivity contribution in [3.05, 3.63) is 17.5 Å². The summed E-state index contributed by atoms with van der Waals surface area (Å²) in [5, 5.41) is 16.5. The summed E-state index contributed by atoms with van der Waals surface area (Å²) in [6, 6.07) is 0. The molecular formula is C12H23N3O. The predicted octanol–water partition coefficient (Wildman–Crippen LogP) is 1.41. The molecule has 0 amide bonds. The fourth-order valence-corrected chi connectivity index (χ4v) is 1.76. The lowest BCUT2D eigenvalue weighted by Crippen LogP contribution is -2.15. The highest BCUT2D eigenvalue weighted by atomic mass is 16.2. The zero-order valence-electron chi connectivity index (χ0n) is 10.5. The fraction of sp³-hybridized carbons (Fsp3) is 0.750. The van der Waals surface area contributed by atoms with Gasteiger partial charge in [-0.05, 0) is 25.3 Å². The monoisotopic (exact) mass is 225 g/mol. The lowest BCUT2D eigenvalue weighted by atomic mass is 10.1. The van der Waals surface area contributed by atoms with Crippen LogP contribution in [0.3, 0.4) is 0 Å². The molecule has 2 N–H and O–H groups in total. The van der Waals surface area contributed by atoms with Gasteiger partial charge in [0.25, 0.3) is 0 Å². The minimum atomic E-state index is 0.284. The molecule has 1 heterocycles. The van der Waals surface area contributed by atoms with E-state index in [1.54, 1.807) is 0 Å². The molecule has 4 heteroatoms. The lowest BCUT2D eigenvalue weighted by molar-refractivity contribution is 0.283. The number of aryl methyl sites for hydroxylation is 1. The highest BCUT2D eigenvalue weighted by Gasteiger charge is 2.10. The molecule has 92 valence electrons. The fourth-order valence-electron chi connectivity index (χ4n) is 1.76. The van der Waals surface area contributed by atoms with Crippen LogP contribution >= 0.6 is 0 Å². The average Bonchev–Trinajstić information content (AvgIpc) is 2.59. The number of hydrogen-bond donors (Lipinski definition) is 2. The van der Waals surface area contributed by atoms with Gasteiger partial charge < -0.3 is 10.4 Å². The zero-order valence-corrected chi connectivity index (χ0v) is 10.5. The van der Waals surface area contributed by atoms with Gasteiger partial charge in [0.2, 0.25) is 0 Å². The zero-order chi connectivity index (χ0) is 12.0. The van der Waals surface area contributed by atoms with Crippen LogP contribution < -0.4 is 5.32 Å². The standard InChI is InChI=1S/C12H23N3O/c1-10(2)12-11(9-15(3)14-12)8-13-6-4-5-7-16/h9-10,13,16H,4-8H2,1-3H3. The molecule has 0 unspecified atom stereocenters. The third-order valence-corrected chi connectivity index (χ3v) is 2.56. The van der Waals surface area contributed by atoms with Gasteiger partial charge in [-0.3, -0.25) is 4.68 Å². The average molecular weight is 225 g/mol. The molecule has 0 aliphatic carbocycles. The van der Waals surface area contributed by atoms with Gasteiger partial charge in [-0.1, -0.05) is 13.8 Å². The Morgan fingerprint density at radius 2 is 2.19 bits per heavy atom. The Morgan fingerprint density at radius 1 is 1.44 bits per heavy atom. The quantitative estimate of drug-likeness (QED) is 0.690. The van der Waals surface area contributed by atoms with Crippen LogP contribution in [0.2, 0.25) is 0 Å². The number of unbranched alkanes of at least 4 members (excludes halogenated alkanes) is 1. The van der Waals surface area contributed by atoms with E-state index in [0.717, 1.165) is 25.9 Å². The Bertz CT molecular complexity index is 307. The lowest BCUT2D eigenvalue weighted by Gasteiger charge is -2.06. The summed E-state index contributed by atoms with van der Waals surface area (Å²) in [5.74, 6) is 0.468. The first-order valence-corrected chi connectivity index (χ1v) is 5.99. The molecule has 1 rings (SSSR count). The first kappa shape index (κ1) is 13.2. The van der Waals surface area contributed by atoms with Crippen molar-refractivity contribution in [3.63, 3.8) is 0 Å². The maximum Gasteiger partial charge on any atom is 0.0694 e. The van der Waals surface area contributed by atoms with Crippen LogP contribution in [0, 0.1) is 0 Å². The molecule has 0 aromatic carbocycles. The minimum absolute atomic E-state index is 0.284. The van der Waals surface area contributed by atoms with Gasteiger partial charge in [0.15, 0.2) is 0 Å². The normalized spacial score (nSPS) is 11.3. The van der Waals surface area contributed by atoms with Crippen LogP contribution in [0.25, 0.3) is 0 Å². The molecule has 0 saturated carbocycles. The topological polar surface area (TPSA) is 50.1 Å². The van der Waals surface area contributed by atoms with Crippen molar-refractivity contribution in [1.82, 2.24) is 15.1 Å². The summed E-state index contributed by atoms with van der Waals surface area (Å²) in [6.45, 7) is 6.43. The van der Waals surface area contributed by atoms with Crippen LogP contribution in [0.1, 0.15) is 43.9 Å². The molecule has 0 fully saturated rings. The molecule has 1 aromatic heterocycles. The Balaban J connectivity index is 2.40. The Morgan fingerprint density at radius 3 is 2.81 bits per heavy atom. The highest BCUT2D eigenvalue weighted by molar-refractivity contribution is 5.19. The van der Waals surface area contributed by atoms with Crippen molar-refractivity contribution >= 4 is 0 Å². The van der Waals surface area contributed by atoms with Gasteiger partial charge in [0, 0.05) is 32.0 Å². The largest absolute Gasteiger partial charge is 0.396 e. The molecule has 0 saturated heterocycles. The number of nitrogens with one attached hydrogen (secondary N) is 1. The number of aromatic nitrogens is 2. The van der Waals surface area contributed by atoms with E-state index in [4.69, 9.17) is 5.11 Å². The second kappa shape index (κ2) is 6.66. The highest BCUT2D eigenvalue weighted by Crippen LogP contribution is 2.16. The Labute approximate surface area is 97.7 Å². The number of nitrogens with zero attached hydrogens (tertiary/aromatic N) is 2. The van der Waals surface area contributed by atoms with Crippen molar-refractivity contribution in [2.75, 3.05) is 13.2 Å². The molecule has 0 spiro atoms. The van der Waals surface area contributed by atoms with Crippen LogP contribution in [0.5, 0.6) is 0 Å². The maximum atomic E-state index is 8.66. The van der Waals surface area contributed by atoms with E-state index in [0.29, 0.717) is 5.92 Å². The van der Waals surface area contributed by atoms with Gasteiger partial charge in [-0.2, -0.15) is 5.10 Å². The van der Waals surface area contributed by atoms with Crippen molar-refractivity contribution in [1.29, 1.82) is 0 Å². The molecule has 0 radical (unpaired) electrons. The van der Waals surface area contributed by atoms with E-state index in [1.165, 1.54) is 11.3 Å². The van der Waals surface area contributed by atoms with E-state index in [9.17, 15) is 0 Å². The van der Waals surface area contributed by atoms with E-state index >= 15 is 0 Å². The molecule has 0 bridgehead atoms. The summed E-state index contributed by atoms with van der Waals surface area (Å²) >= 11 is 0. The minimum Gasteiger partial charge on any atom is -0.396 e. The molecule has 4 nitrogen and oxygen atoms in total.